The molecule has 14 heavy (non-hydrogen) atoms. The van der Waals surface area contributed by atoms with Crippen molar-refractivity contribution in [1.82, 2.24) is 5.32 Å². The molecule has 0 bridgehead atoms. The van der Waals surface area contributed by atoms with Gasteiger partial charge in [0.1, 0.15) is 5.83 Å². The molecule has 1 atom stereocenters. The summed E-state index contributed by atoms with van der Waals surface area (Å²) < 4.78 is 25.9. The van der Waals surface area contributed by atoms with E-state index in [-0.39, 0.29) is 18.2 Å². The van der Waals surface area contributed by atoms with Gasteiger partial charge in [-0.05, 0) is 6.08 Å². The number of carbonyl (C=O) groups excluding carboxylic acids is 1. The number of carbonyl (C=O) groups is 1. The lowest BCUT2D eigenvalue weighted by atomic mass is 9.76. The molecule has 0 saturated carbocycles. The minimum absolute atomic E-state index is 0.0244. The van der Waals surface area contributed by atoms with E-state index in [2.05, 4.69) is 5.32 Å². The van der Waals surface area contributed by atoms with Crippen molar-refractivity contribution in [3.63, 3.8) is 0 Å². The van der Waals surface area contributed by atoms with E-state index in [1.807, 2.05) is 0 Å². The Kier molecular flexibility index (Phi) is 1.77. The van der Waals surface area contributed by atoms with Gasteiger partial charge in [-0.2, -0.15) is 0 Å². The molecule has 1 unspecified atom stereocenters. The zero-order valence-corrected chi connectivity index (χ0v) is 8.03. The van der Waals surface area contributed by atoms with E-state index in [0.29, 0.717) is 5.70 Å². The second kappa shape index (κ2) is 2.65. The zero-order valence-electron chi connectivity index (χ0n) is 8.03. The van der Waals surface area contributed by atoms with Crippen LogP contribution >= 0.6 is 0 Å². The maximum atomic E-state index is 13.0. The first-order chi connectivity index (χ1) is 6.43. The van der Waals surface area contributed by atoms with Crippen molar-refractivity contribution in [3.05, 3.63) is 23.4 Å². The molecule has 1 amide bonds. The first kappa shape index (κ1) is 9.37. The maximum Gasteiger partial charge on any atom is 0.230 e. The number of hydrogen-bond donors (Lipinski definition) is 1. The molecule has 1 saturated heterocycles. The fraction of sp³-hybridized carbons (Fsp3) is 0.500. The van der Waals surface area contributed by atoms with Crippen LogP contribution in [0.3, 0.4) is 0 Å². The fourth-order valence-electron chi connectivity index (χ4n) is 1.92. The molecule has 1 heterocycles. The quantitative estimate of drug-likeness (QED) is 0.636. The van der Waals surface area contributed by atoms with Gasteiger partial charge in [0.2, 0.25) is 5.91 Å². The van der Waals surface area contributed by atoms with Gasteiger partial charge in [-0.3, -0.25) is 4.79 Å². The summed E-state index contributed by atoms with van der Waals surface area (Å²) >= 11 is 0. The van der Waals surface area contributed by atoms with E-state index < -0.39 is 17.1 Å². The number of fused-ring (bicyclic) bond motifs is 1. The van der Waals surface area contributed by atoms with Crippen LogP contribution in [0.15, 0.2) is 23.4 Å². The summed E-state index contributed by atoms with van der Waals surface area (Å²) in [6, 6.07) is 0. The van der Waals surface area contributed by atoms with Gasteiger partial charge in [0.05, 0.1) is 5.41 Å². The van der Waals surface area contributed by atoms with Crippen LogP contribution in [-0.4, -0.2) is 5.91 Å². The summed E-state index contributed by atoms with van der Waals surface area (Å²) in [7, 11) is 0. The summed E-state index contributed by atoms with van der Waals surface area (Å²) in [5.41, 5.74) is -0.150. The highest BCUT2D eigenvalue weighted by atomic mass is 19.2. The number of rotatable bonds is 0. The second-order valence-electron chi connectivity index (χ2n) is 4.29. The Morgan fingerprint density at radius 1 is 1.50 bits per heavy atom. The van der Waals surface area contributed by atoms with Gasteiger partial charge in [0.15, 0.2) is 5.83 Å². The number of allylic oxidation sites excluding steroid dienone is 4. The largest absolute Gasteiger partial charge is 0.329 e. The predicted octanol–water partition coefficient (Wildman–Crippen LogP) is 2.20. The van der Waals surface area contributed by atoms with Crippen LogP contribution in [0.2, 0.25) is 0 Å². The van der Waals surface area contributed by atoms with E-state index in [1.165, 1.54) is 0 Å². The summed E-state index contributed by atoms with van der Waals surface area (Å²) in [6.07, 6.45) is 1.06. The Bertz CT molecular complexity index is 368. The average Bonchev–Trinajstić information content (AvgIpc) is 2.28. The molecule has 1 N–H and O–H groups in total. The van der Waals surface area contributed by atoms with Crippen LogP contribution in [0.25, 0.3) is 0 Å². The maximum absolute atomic E-state index is 13.0. The zero-order chi connectivity index (χ0) is 10.5. The standard InChI is InChI=1S/C10H11F2NO/c1-10(2)5-3-6(11)7(12)4-8(5)13-9(10)14/h4-5H,3H2,1-2H3,(H,13,14). The van der Waals surface area contributed by atoms with Crippen LogP contribution in [0.4, 0.5) is 8.78 Å². The number of nitrogens with one attached hydrogen (secondary N) is 1. The Labute approximate surface area is 80.7 Å². The third kappa shape index (κ3) is 1.10. The third-order valence-corrected chi connectivity index (χ3v) is 3.01. The van der Waals surface area contributed by atoms with Gasteiger partial charge in [-0.25, -0.2) is 8.78 Å². The lowest BCUT2D eigenvalue weighted by Gasteiger charge is -2.24. The van der Waals surface area contributed by atoms with Crippen molar-refractivity contribution >= 4 is 5.91 Å². The molecular weight excluding hydrogens is 188 g/mol. The monoisotopic (exact) mass is 199 g/mol. The van der Waals surface area contributed by atoms with Crippen LogP contribution in [0, 0.1) is 11.3 Å². The normalized spacial score (nSPS) is 29.9. The van der Waals surface area contributed by atoms with Crippen LogP contribution in [-0.2, 0) is 4.79 Å². The van der Waals surface area contributed by atoms with Gasteiger partial charge in [-0.15, -0.1) is 0 Å². The molecule has 1 aliphatic heterocycles. The van der Waals surface area contributed by atoms with Gasteiger partial charge in [0, 0.05) is 18.0 Å². The number of hydrogen-bond acceptors (Lipinski definition) is 1. The molecule has 0 aromatic rings. The van der Waals surface area contributed by atoms with Crippen molar-refractivity contribution in [2.24, 2.45) is 11.3 Å². The van der Waals surface area contributed by atoms with Gasteiger partial charge < -0.3 is 5.32 Å². The highest BCUT2D eigenvalue weighted by Crippen LogP contribution is 2.45. The number of halogens is 2. The topological polar surface area (TPSA) is 29.1 Å². The highest BCUT2D eigenvalue weighted by molar-refractivity contribution is 5.88. The van der Waals surface area contributed by atoms with Crippen LogP contribution < -0.4 is 5.32 Å². The smallest absolute Gasteiger partial charge is 0.230 e. The van der Waals surface area contributed by atoms with E-state index in [9.17, 15) is 13.6 Å². The van der Waals surface area contributed by atoms with Crippen molar-refractivity contribution in [3.8, 4) is 0 Å². The van der Waals surface area contributed by atoms with Gasteiger partial charge >= 0.3 is 0 Å². The van der Waals surface area contributed by atoms with Crippen molar-refractivity contribution in [1.29, 1.82) is 0 Å². The Balaban J connectivity index is 2.41. The van der Waals surface area contributed by atoms with Crippen molar-refractivity contribution < 1.29 is 13.6 Å². The average molecular weight is 199 g/mol. The first-order valence-electron chi connectivity index (χ1n) is 4.50. The minimum atomic E-state index is -0.866. The fourth-order valence-corrected chi connectivity index (χ4v) is 1.92. The molecule has 0 aromatic carbocycles. The van der Waals surface area contributed by atoms with E-state index in [4.69, 9.17) is 0 Å². The number of amides is 1. The van der Waals surface area contributed by atoms with Crippen molar-refractivity contribution in [2.45, 2.75) is 20.3 Å². The molecule has 2 rings (SSSR count). The lowest BCUT2D eigenvalue weighted by Crippen LogP contribution is -2.28. The molecule has 0 aromatic heterocycles. The van der Waals surface area contributed by atoms with Crippen molar-refractivity contribution in [2.75, 3.05) is 0 Å². The Morgan fingerprint density at radius 3 is 2.79 bits per heavy atom. The highest BCUT2D eigenvalue weighted by Gasteiger charge is 2.47. The Morgan fingerprint density at radius 2 is 2.14 bits per heavy atom. The van der Waals surface area contributed by atoms with E-state index >= 15 is 0 Å². The van der Waals surface area contributed by atoms with Gasteiger partial charge in [0.25, 0.3) is 0 Å². The van der Waals surface area contributed by atoms with E-state index in [1.54, 1.807) is 13.8 Å². The summed E-state index contributed by atoms with van der Waals surface area (Å²) in [5, 5.41) is 2.58. The van der Waals surface area contributed by atoms with Gasteiger partial charge in [-0.1, -0.05) is 13.8 Å². The first-order valence-corrected chi connectivity index (χ1v) is 4.50. The molecule has 2 nitrogen and oxygen atoms in total. The summed E-state index contributed by atoms with van der Waals surface area (Å²) in [6.45, 7) is 3.48. The van der Waals surface area contributed by atoms with Crippen LogP contribution in [0.5, 0.6) is 0 Å². The third-order valence-electron chi connectivity index (χ3n) is 3.01. The van der Waals surface area contributed by atoms with Crippen LogP contribution in [0.1, 0.15) is 20.3 Å². The molecule has 1 fully saturated rings. The molecule has 0 radical (unpaired) electrons. The SMILES string of the molecule is CC1(C)C(=O)NC2=CC(F)=C(F)CC21. The molecule has 1 aliphatic carbocycles. The Hall–Kier alpha value is -1.19. The lowest BCUT2D eigenvalue weighted by molar-refractivity contribution is -0.127. The second-order valence-corrected chi connectivity index (χ2v) is 4.29. The molecular formula is C10H11F2NO. The minimum Gasteiger partial charge on any atom is -0.329 e. The molecule has 4 heteroatoms. The van der Waals surface area contributed by atoms with E-state index in [0.717, 1.165) is 6.08 Å². The molecule has 0 spiro atoms. The summed E-state index contributed by atoms with van der Waals surface area (Å²) in [4.78, 5) is 11.5. The molecule has 2 aliphatic rings. The molecule has 76 valence electrons. The summed E-state index contributed by atoms with van der Waals surface area (Å²) in [5.74, 6) is -2.05. The predicted molar refractivity (Wildman–Crippen MR) is 47.4 cm³/mol.